The average molecular weight is 247 g/mol. The standard InChI is InChI=1S/C16H25NO/c1-12-6-7-14(15(18)9-12)16(2,3)10-13-5-4-8-17-11-13/h4-5,8,11-12,14-15,18H,6-7,9-10H2,1-3H3. The smallest absolute Gasteiger partial charge is 0.0576 e. The Labute approximate surface area is 110 Å². The molecule has 0 aliphatic heterocycles. The lowest BCUT2D eigenvalue weighted by Gasteiger charge is -2.42. The van der Waals surface area contributed by atoms with Crippen molar-refractivity contribution in [1.29, 1.82) is 0 Å². The number of pyridine rings is 1. The molecule has 100 valence electrons. The monoisotopic (exact) mass is 247 g/mol. The van der Waals surface area contributed by atoms with Gasteiger partial charge in [0.05, 0.1) is 6.10 Å². The van der Waals surface area contributed by atoms with E-state index in [0.717, 1.165) is 19.3 Å². The fraction of sp³-hybridized carbons (Fsp3) is 0.688. The van der Waals surface area contributed by atoms with Gasteiger partial charge in [0, 0.05) is 12.4 Å². The van der Waals surface area contributed by atoms with Crippen LogP contribution in [-0.2, 0) is 6.42 Å². The van der Waals surface area contributed by atoms with Gasteiger partial charge in [0.1, 0.15) is 0 Å². The first-order valence-electron chi connectivity index (χ1n) is 7.06. The van der Waals surface area contributed by atoms with E-state index in [2.05, 4.69) is 31.8 Å². The Hall–Kier alpha value is -0.890. The fourth-order valence-corrected chi connectivity index (χ4v) is 3.42. The molecule has 2 heteroatoms. The third-order valence-electron chi connectivity index (χ3n) is 4.47. The van der Waals surface area contributed by atoms with E-state index in [1.54, 1.807) is 0 Å². The van der Waals surface area contributed by atoms with Crippen molar-refractivity contribution in [3.8, 4) is 0 Å². The summed E-state index contributed by atoms with van der Waals surface area (Å²) in [7, 11) is 0. The minimum Gasteiger partial charge on any atom is -0.393 e. The van der Waals surface area contributed by atoms with E-state index in [-0.39, 0.29) is 11.5 Å². The number of hydrogen-bond donors (Lipinski definition) is 1. The highest BCUT2D eigenvalue weighted by molar-refractivity contribution is 5.11. The molecule has 0 bridgehead atoms. The molecule has 1 aromatic heterocycles. The van der Waals surface area contributed by atoms with Crippen molar-refractivity contribution in [3.63, 3.8) is 0 Å². The highest BCUT2D eigenvalue weighted by Crippen LogP contribution is 2.42. The summed E-state index contributed by atoms with van der Waals surface area (Å²) in [6.07, 6.45) is 7.97. The van der Waals surface area contributed by atoms with E-state index < -0.39 is 0 Å². The van der Waals surface area contributed by atoms with Gasteiger partial charge in [-0.15, -0.1) is 0 Å². The fourth-order valence-electron chi connectivity index (χ4n) is 3.42. The third-order valence-corrected chi connectivity index (χ3v) is 4.47. The summed E-state index contributed by atoms with van der Waals surface area (Å²) < 4.78 is 0. The minimum absolute atomic E-state index is 0.138. The average Bonchev–Trinajstić information content (AvgIpc) is 2.29. The van der Waals surface area contributed by atoms with Crippen LogP contribution in [0.15, 0.2) is 24.5 Å². The molecule has 1 aliphatic carbocycles. The van der Waals surface area contributed by atoms with Gasteiger partial charge < -0.3 is 5.11 Å². The van der Waals surface area contributed by atoms with Crippen LogP contribution in [0.3, 0.4) is 0 Å². The topological polar surface area (TPSA) is 33.1 Å². The lowest BCUT2D eigenvalue weighted by atomic mass is 9.65. The van der Waals surface area contributed by atoms with Crippen LogP contribution in [-0.4, -0.2) is 16.2 Å². The first-order chi connectivity index (χ1) is 8.49. The molecule has 3 atom stereocenters. The van der Waals surface area contributed by atoms with Crippen molar-refractivity contribution in [2.75, 3.05) is 0 Å². The van der Waals surface area contributed by atoms with E-state index in [0.29, 0.717) is 11.8 Å². The van der Waals surface area contributed by atoms with Crippen LogP contribution in [0.25, 0.3) is 0 Å². The number of aromatic nitrogens is 1. The van der Waals surface area contributed by atoms with Crippen molar-refractivity contribution in [2.24, 2.45) is 17.3 Å². The minimum atomic E-state index is -0.138. The molecule has 0 aromatic carbocycles. The summed E-state index contributed by atoms with van der Waals surface area (Å²) in [4.78, 5) is 4.18. The molecule has 2 rings (SSSR count). The summed E-state index contributed by atoms with van der Waals surface area (Å²) in [5.74, 6) is 1.08. The SMILES string of the molecule is CC1CCC(C(C)(C)Cc2cccnc2)C(O)C1. The second-order valence-corrected chi connectivity index (χ2v) is 6.62. The van der Waals surface area contributed by atoms with Crippen molar-refractivity contribution in [2.45, 2.75) is 52.6 Å². The number of nitrogens with zero attached hydrogens (tertiary/aromatic N) is 1. The Morgan fingerprint density at radius 1 is 1.39 bits per heavy atom. The Bertz CT molecular complexity index is 374. The van der Waals surface area contributed by atoms with Crippen molar-refractivity contribution < 1.29 is 5.11 Å². The predicted molar refractivity (Wildman–Crippen MR) is 74.2 cm³/mol. The predicted octanol–water partition coefficient (Wildman–Crippen LogP) is 3.45. The van der Waals surface area contributed by atoms with Gasteiger partial charge in [0.2, 0.25) is 0 Å². The van der Waals surface area contributed by atoms with Crippen LogP contribution < -0.4 is 0 Å². The molecule has 0 amide bonds. The van der Waals surface area contributed by atoms with Gasteiger partial charge in [0.25, 0.3) is 0 Å². The molecule has 1 aromatic rings. The van der Waals surface area contributed by atoms with E-state index >= 15 is 0 Å². The van der Waals surface area contributed by atoms with E-state index in [1.807, 2.05) is 18.5 Å². The maximum atomic E-state index is 10.3. The molecule has 1 aliphatic rings. The van der Waals surface area contributed by atoms with Gasteiger partial charge in [0.15, 0.2) is 0 Å². The second-order valence-electron chi connectivity index (χ2n) is 6.62. The zero-order chi connectivity index (χ0) is 13.2. The normalized spacial score (nSPS) is 29.2. The molecule has 0 radical (unpaired) electrons. The van der Waals surface area contributed by atoms with E-state index in [4.69, 9.17) is 0 Å². The van der Waals surface area contributed by atoms with Gasteiger partial charge in [-0.3, -0.25) is 4.98 Å². The Kier molecular flexibility index (Phi) is 4.06. The molecule has 1 fully saturated rings. The lowest BCUT2D eigenvalue weighted by Crippen LogP contribution is -2.39. The number of rotatable bonds is 3. The molecular weight excluding hydrogens is 222 g/mol. The summed E-state index contributed by atoms with van der Waals surface area (Å²) in [6, 6.07) is 4.12. The molecule has 1 heterocycles. The maximum Gasteiger partial charge on any atom is 0.0576 e. The molecule has 0 saturated heterocycles. The summed E-state index contributed by atoms with van der Waals surface area (Å²) in [6.45, 7) is 6.81. The molecule has 18 heavy (non-hydrogen) atoms. The summed E-state index contributed by atoms with van der Waals surface area (Å²) in [5.41, 5.74) is 1.41. The molecule has 1 N–H and O–H groups in total. The highest BCUT2D eigenvalue weighted by atomic mass is 16.3. The van der Waals surface area contributed by atoms with Crippen LogP contribution in [0.5, 0.6) is 0 Å². The van der Waals surface area contributed by atoms with Gasteiger partial charge in [-0.25, -0.2) is 0 Å². The third kappa shape index (κ3) is 3.11. The van der Waals surface area contributed by atoms with Crippen molar-refractivity contribution in [3.05, 3.63) is 30.1 Å². The zero-order valence-corrected chi connectivity index (χ0v) is 11.8. The van der Waals surface area contributed by atoms with Gasteiger partial charge >= 0.3 is 0 Å². The van der Waals surface area contributed by atoms with Crippen LogP contribution in [0.2, 0.25) is 0 Å². The van der Waals surface area contributed by atoms with Gasteiger partial charge in [-0.05, 0) is 48.1 Å². The van der Waals surface area contributed by atoms with E-state index in [1.165, 1.54) is 12.0 Å². The Morgan fingerprint density at radius 3 is 2.78 bits per heavy atom. The number of aliphatic hydroxyl groups is 1. The lowest BCUT2D eigenvalue weighted by molar-refractivity contribution is -0.0125. The molecule has 1 saturated carbocycles. The van der Waals surface area contributed by atoms with Gasteiger partial charge in [-0.2, -0.15) is 0 Å². The van der Waals surface area contributed by atoms with Crippen LogP contribution in [0.1, 0.15) is 45.6 Å². The summed E-state index contributed by atoms with van der Waals surface area (Å²) >= 11 is 0. The van der Waals surface area contributed by atoms with Crippen LogP contribution in [0.4, 0.5) is 0 Å². The number of aliphatic hydroxyl groups excluding tert-OH is 1. The highest BCUT2D eigenvalue weighted by Gasteiger charge is 2.38. The maximum absolute atomic E-state index is 10.3. The van der Waals surface area contributed by atoms with Crippen LogP contribution in [0, 0.1) is 17.3 Å². The molecule has 2 nitrogen and oxygen atoms in total. The Balaban J connectivity index is 2.06. The molecular formula is C16H25NO. The van der Waals surface area contributed by atoms with Crippen LogP contribution >= 0.6 is 0 Å². The number of hydrogen-bond acceptors (Lipinski definition) is 2. The molecule has 0 spiro atoms. The Morgan fingerprint density at radius 2 is 2.17 bits per heavy atom. The summed E-state index contributed by atoms with van der Waals surface area (Å²) in [5, 5.41) is 10.3. The quantitative estimate of drug-likeness (QED) is 0.887. The first-order valence-corrected chi connectivity index (χ1v) is 7.06. The van der Waals surface area contributed by atoms with E-state index in [9.17, 15) is 5.11 Å². The van der Waals surface area contributed by atoms with Gasteiger partial charge in [-0.1, -0.05) is 33.3 Å². The molecule has 3 unspecified atom stereocenters. The first kappa shape index (κ1) is 13.5. The zero-order valence-electron chi connectivity index (χ0n) is 11.8. The largest absolute Gasteiger partial charge is 0.393 e. The second kappa shape index (κ2) is 5.40. The van der Waals surface area contributed by atoms with Crippen molar-refractivity contribution >= 4 is 0 Å². The van der Waals surface area contributed by atoms with Crippen molar-refractivity contribution in [1.82, 2.24) is 4.98 Å².